The number of benzene rings is 2. The molecule has 2 unspecified atom stereocenters. The van der Waals surface area contributed by atoms with Crippen molar-refractivity contribution in [3.8, 4) is 0 Å². The largest absolute Gasteiger partial charge is 0.465 e. The van der Waals surface area contributed by atoms with Gasteiger partial charge in [-0.1, -0.05) is 37.3 Å². The van der Waals surface area contributed by atoms with Crippen molar-refractivity contribution >= 4 is 45.2 Å². The maximum Gasteiger partial charge on any atom is 0.341 e. The number of carbonyl (C=O) groups excluding carboxylic acids is 3. The van der Waals surface area contributed by atoms with Gasteiger partial charge in [0.25, 0.3) is 5.91 Å². The summed E-state index contributed by atoms with van der Waals surface area (Å²) in [6.07, 6.45) is 3.20. The van der Waals surface area contributed by atoms with Crippen molar-refractivity contribution in [1.29, 1.82) is 0 Å². The normalized spacial score (nSPS) is 15.6. The molecule has 4 aromatic rings. The number of nitrogens with one attached hydrogen (secondary N) is 2. The van der Waals surface area contributed by atoms with Gasteiger partial charge in [-0.15, -0.1) is 11.3 Å². The van der Waals surface area contributed by atoms with E-state index in [1.54, 1.807) is 31.5 Å². The maximum atomic E-state index is 13.2. The van der Waals surface area contributed by atoms with E-state index in [2.05, 4.69) is 27.4 Å². The Kier molecular flexibility index (Phi) is 7.05. The lowest BCUT2D eigenvalue weighted by atomic mass is 9.83. The SMILES string of the molecule is CCC(OC(=O)c1ccc2nc[nH]c2c1)C(=O)Nc1sc2c(c1C(=O)OC)CCC(c1ccccc1)C2. The van der Waals surface area contributed by atoms with E-state index in [9.17, 15) is 14.4 Å². The predicted octanol–water partition coefficient (Wildman–Crippen LogP) is 5.26. The van der Waals surface area contributed by atoms with Crippen LogP contribution in [0.5, 0.6) is 0 Å². The van der Waals surface area contributed by atoms with Crippen LogP contribution in [-0.2, 0) is 27.1 Å². The molecule has 1 aliphatic rings. The molecule has 1 amide bonds. The zero-order chi connectivity index (χ0) is 25.9. The molecule has 1 aliphatic carbocycles. The number of methoxy groups -OCH3 is 1. The number of aromatic nitrogens is 2. The summed E-state index contributed by atoms with van der Waals surface area (Å²) < 4.78 is 10.6. The molecule has 2 aromatic heterocycles. The van der Waals surface area contributed by atoms with E-state index in [0.717, 1.165) is 28.8 Å². The van der Waals surface area contributed by atoms with Gasteiger partial charge >= 0.3 is 11.9 Å². The minimum Gasteiger partial charge on any atom is -0.465 e. The fourth-order valence-corrected chi connectivity index (χ4v) is 6.09. The number of H-pyrrole nitrogens is 1. The molecule has 9 heteroatoms. The Hall–Kier alpha value is -3.98. The highest BCUT2D eigenvalue weighted by Crippen LogP contribution is 2.42. The highest BCUT2D eigenvalue weighted by molar-refractivity contribution is 7.17. The molecule has 2 atom stereocenters. The predicted molar refractivity (Wildman–Crippen MR) is 141 cm³/mol. The van der Waals surface area contributed by atoms with E-state index in [0.29, 0.717) is 34.0 Å². The first-order chi connectivity index (χ1) is 18.0. The van der Waals surface area contributed by atoms with Crippen LogP contribution < -0.4 is 5.32 Å². The van der Waals surface area contributed by atoms with Crippen LogP contribution in [-0.4, -0.2) is 41.0 Å². The van der Waals surface area contributed by atoms with Gasteiger partial charge in [0.1, 0.15) is 5.00 Å². The summed E-state index contributed by atoms with van der Waals surface area (Å²) in [5, 5.41) is 3.29. The third-order valence-corrected chi connectivity index (χ3v) is 7.90. The zero-order valence-electron chi connectivity index (χ0n) is 20.6. The average molecular weight is 518 g/mol. The second-order valence-corrected chi connectivity index (χ2v) is 10.1. The van der Waals surface area contributed by atoms with Crippen molar-refractivity contribution in [2.45, 2.75) is 44.6 Å². The van der Waals surface area contributed by atoms with Crippen molar-refractivity contribution in [1.82, 2.24) is 9.97 Å². The van der Waals surface area contributed by atoms with Crippen LogP contribution in [0.2, 0.25) is 0 Å². The standard InChI is InChI=1S/C28H27N3O5S/c1-3-22(36-27(33)18-10-12-20-21(13-18)30-15-29-20)25(32)31-26-24(28(34)35-2)19-11-9-17(14-23(19)37-26)16-7-5-4-6-8-16/h4-8,10,12-13,15,17,22H,3,9,11,14H2,1-2H3,(H,29,30)(H,31,32). The van der Waals surface area contributed by atoms with Gasteiger partial charge in [-0.05, 0) is 60.9 Å². The second-order valence-electron chi connectivity index (χ2n) is 8.98. The van der Waals surface area contributed by atoms with Gasteiger partial charge in [0.2, 0.25) is 0 Å². The molecule has 0 radical (unpaired) electrons. The number of fused-ring (bicyclic) bond motifs is 2. The van der Waals surface area contributed by atoms with Crippen molar-refractivity contribution in [3.63, 3.8) is 0 Å². The number of hydrogen-bond donors (Lipinski definition) is 2. The molecular formula is C28H27N3O5S. The molecule has 37 heavy (non-hydrogen) atoms. The van der Waals surface area contributed by atoms with E-state index in [4.69, 9.17) is 9.47 Å². The summed E-state index contributed by atoms with van der Waals surface area (Å²) in [6.45, 7) is 1.76. The third kappa shape index (κ3) is 4.99. The molecular weight excluding hydrogens is 490 g/mol. The summed E-state index contributed by atoms with van der Waals surface area (Å²) in [4.78, 5) is 46.9. The van der Waals surface area contributed by atoms with Gasteiger partial charge in [-0.2, -0.15) is 0 Å². The maximum absolute atomic E-state index is 13.2. The van der Waals surface area contributed by atoms with Crippen molar-refractivity contribution in [3.05, 3.63) is 82.0 Å². The van der Waals surface area contributed by atoms with E-state index < -0.39 is 23.9 Å². The van der Waals surface area contributed by atoms with E-state index in [1.807, 2.05) is 18.2 Å². The summed E-state index contributed by atoms with van der Waals surface area (Å²) in [7, 11) is 1.33. The first-order valence-corrected chi connectivity index (χ1v) is 13.0. The monoisotopic (exact) mass is 517 g/mol. The molecule has 8 nitrogen and oxygen atoms in total. The van der Waals surface area contributed by atoms with Crippen molar-refractivity contribution < 1.29 is 23.9 Å². The van der Waals surface area contributed by atoms with E-state index in [-0.39, 0.29) is 6.42 Å². The van der Waals surface area contributed by atoms with Gasteiger partial charge in [0, 0.05) is 4.88 Å². The summed E-state index contributed by atoms with van der Waals surface area (Å²) in [6, 6.07) is 15.3. The number of rotatable bonds is 7. The first kappa shape index (κ1) is 24.7. The molecule has 190 valence electrons. The van der Waals surface area contributed by atoms with Gasteiger partial charge in [0.05, 0.1) is 35.6 Å². The molecule has 0 saturated heterocycles. The van der Waals surface area contributed by atoms with Crippen molar-refractivity contribution in [2.75, 3.05) is 12.4 Å². The number of carbonyl (C=O) groups is 3. The zero-order valence-corrected chi connectivity index (χ0v) is 21.4. The van der Waals surface area contributed by atoms with Gasteiger partial charge in [-0.3, -0.25) is 4.79 Å². The minimum absolute atomic E-state index is 0.276. The van der Waals surface area contributed by atoms with E-state index >= 15 is 0 Å². The number of nitrogens with zero attached hydrogens (tertiary/aromatic N) is 1. The molecule has 0 saturated carbocycles. The highest BCUT2D eigenvalue weighted by Gasteiger charge is 2.32. The molecule has 0 aliphatic heterocycles. The molecule has 0 fully saturated rings. The van der Waals surface area contributed by atoms with E-state index in [1.165, 1.54) is 24.0 Å². The van der Waals surface area contributed by atoms with Gasteiger partial charge in [0.15, 0.2) is 6.10 Å². The van der Waals surface area contributed by atoms with Crippen LogP contribution >= 0.6 is 11.3 Å². The highest BCUT2D eigenvalue weighted by atomic mass is 32.1. The quantitative estimate of drug-likeness (QED) is 0.324. The topological polar surface area (TPSA) is 110 Å². The van der Waals surface area contributed by atoms with Crippen LogP contribution in [0.4, 0.5) is 5.00 Å². The Morgan fingerprint density at radius 3 is 2.73 bits per heavy atom. The molecule has 2 N–H and O–H groups in total. The number of esters is 2. The Labute approximate surface area is 218 Å². The molecule has 0 bridgehead atoms. The Bertz CT molecular complexity index is 1460. The second kappa shape index (κ2) is 10.6. The molecule has 5 rings (SSSR count). The lowest BCUT2D eigenvalue weighted by Crippen LogP contribution is -2.32. The summed E-state index contributed by atoms with van der Waals surface area (Å²) >= 11 is 1.39. The number of thiophene rings is 1. The van der Waals surface area contributed by atoms with Crippen LogP contribution in [0.15, 0.2) is 54.9 Å². The summed E-state index contributed by atoms with van der Waals surface area (Å²) in [5.74, 6) is -1.23. The minimum atomic E-state index is -1.02. The van der Waals surface area contributed by atoms with Crippen LogP contribution in [0.3, 0.4) is 0 Å². The van der Waals surface area contributed by atoms with Crippen LogP contribution in [0.25, 0.3) is 11.0 Å². The number of amides is 1. The molecule has 0 spiro atoms. The van der Waals surface area contributed by atoms with Gasteiger partial charge < -0.3 is 19.8 Å². The fraction of sp³-hybridized carbons (Fsp3) is 0.286. The molecule has 2 aromatic carbocycles. The first-order valence-electron chi connectivity index (χ1n) is 12.2. The van der Waals surface area contributed by atoms with Crippen LogP contribution in [0.1, 0.15) is 62.4 Å². The molecule has 2 heterocycles. The Balaban J connectivity index is 1.35. The van der Waals surface area contributed by atoms with Crippen LogP contribution in [0, 0.1) is 0 Å². The Morgan fingerprint density at radius 2 is 1.97 bits per heavy atom. The fourth-order valence-electron chi connectivity index (χ4n) is 4.78. The van der Waals surface area contributed by atoms with Gasteiger partial charge in [-0.25, -0.2) is 14.6 Å². The van der Waals surface area contributed by atoms with Crippen molar-refractivity contribution in [2.24, 2.45) is 0 Å². The average Bonchev–Trinajstić information content (AvgIpc) is 3.54. The number of aromatic amines is 1. The lowest BCUT2D eigenvalue weighted by Gasteiger charge is -2.22. The number of ether oxygens (including phenoxy) is 2. The lowest BCUT2D eigenvalue weighted by molar-refractivity contribution is -0.124. The summed E-state index contributed by atoms with van der Waals surface area (Å²) in [5.41, 5.74) is 4.33. The number of anilines is 1. The third-order valence-electron chi connectivity index (χ3n) is 6.73. The smallest absolute Gasteiger partial charge is 0.341 e. The number of imidazole rings is 1. The number of hydrogen-bond acceptors (Lipinski definition) is 7. The Morgan fingerprint density at radius 1 is 1.16 bits per heavy atom.